The molecule has 1 amide bonds. The molecule has 2 aliphatic heterocycles. The van der Waals surface area contributed by atoms with Crippen LogP contribution in [-0.2, 0) is 11.2 Å². The third-order valence-corrected chi connectivity index (χ3v) is 5.88. The van der Waals surface area contributed by atoms with E-state index in [0.29, 0.717) is 41.3 Å². The number of fused-ring (bicyclic) bond motifs is 2. The molecule has 1 atom stereocenters. The second kappa shape index (κ2) is 9.21. The van der Waals surface area contributed by atoms with Crippen molar-refractivity contribution in [3.05, 3.63) is 59.9 Å². The number of rotatable bonds is 5. The predicted molar refractivity (Wildman–Crippen MR) is 129 cm³/mol. The fourth-order valence-corrected chi connectivity index (χ4v) is 4.49. The molecule has 0 saturated heterocycles. The summed E-state index contributed by atoms with van der Waals surface area (Å²) in [6.07, 6.45) is 4.39. The van der Waals surface area contributed by atoms with Gasteiger partial charge in [0, 0.05) is 56.8 Å². The quantitative estimate of drug-likeness (QED) is 0.599. The molecule has 0 unspecified atom stereocenters. The monoisotopic (exact) mass is 453 g/mol. The number of aromatic nitrogens is 1. The highest BCUT2D eigenvalue weighted by molar-refractivity contribution is 5.99. The minimum Gasteiger partial charge on any atom is -0.383 e. The van der Waals surface area contributed by atoms with Crippen molar-refractivity contribution in [2.24, 2.45) is 0 Å². The summed E-state index contributed by atoms with van der Waals surface area (Å²) in [5, 5.41) is 6.31. The Bertz CT molecular complexity index is 1110. The number of carbonyl (C=O) groups is 1. The van der Waals surface area contributed by atoms with E-state index in [9.17, 15) is 13.6 Å². The van der Waals surface area contributed by atoms with E-state index in [4.69, 9.17) is 0 Å². The number of pyridine rings is 1. The van der Waals surface area contributed by atoms with Crippen molar-refractivity contribution < 1.29 is 13.6 Å². The van der Waals surface area contributed by atoms with Crippen molar-refractivity contribution in [3.63, 3.8) is 0 Å². The number of carbonyl (C=O) groups excluding carboxylic acids is 1. The standard InChI is InChI=1S/C25H29F2N5O/c1-5-16(14-31(3)4)18-12-17-7-6-10-32(21(17)13-19(18)24(26)27)25-23-20(8-9-28-25)30-22(33)11-15(2)29-23/h5,8-9,12-15,24,29H,1,6-7,10-11H2,2-4H3,(H,30,33)/b16-14+/t15-/m1/s1. The van der Waals surface area contributed by atoms with Gasteiger partial charge in [-0.2, -0.15) is 0 Å². The highest BCUT2D eigenvalue weighted by Gasteiger charge is 2.29. The number of hydrogen-bond donors (Lipinski definition) is 2. The second-order valence-corrected chi connectivity index (χ2v) is 8.73. The lowest BCUT2D eigenvalue weighted by molar-refractivity contribution is -0.116. The third kappa shape index (κ3) is 4.55. The number of anilines is 4. The molecule has 1 aromatic carbocycles. The number of halogens is 2. The molecule has 1 aromatic heterocycles. The molecule has 33 heavy (non-hydrogen) atoms. The van der Waals surface area contributed by atoms with Gasteiger partial charge in [-0.05, 0) is 54.7 Å². The van der Waals surface area contributed by atoms with E-state index in [-0.39, 0.29) is 17.5 Å². The van der Waals surface area contributed by atoms with Crippen molar-refractivity contribution in [2.75, 3.05) is 36.2 Å². The van der Waals surface area contributed by atoms with Crippen LogP contribution in [0, 0.1) is 0 Å². The van der Waals surface area contributed by atoms with Gasteiger partial charge in [0.05, 0.1) is 5.69 Å². The van der Waals surface area contributed by atoms with E-state index in [1.807, 2.05) is 36.9 Å². The van der Waals surface area contributed by atoms with Crippen LogP contribution in [0.5, 0.6) is 0 Å². The van der Waals surface area contributed by atoms with Gasteiger partial charge in [0.1, 0.15) is 5.69 Å². The van der Waals surface area contributed by atoms with Crippen LogP contribution < -0.4 is 15.5 Å². The van der Waals surface area contributed by atoms with E-state index in [1.165, 1.54) is 0 Å². The Kier molecular flexibility index (Phi) is 6.35. The highest BCUT2D eigenvalue weighted by Crippen LogP contribution is 2.43. The fraction of sp³-hybridized carbons (Fsp3) is 0.360. The van der Waals surface area contributed by atoms with Gasteiger partial charge in [0.25, 0.3) is 6.43 Å². The first-order chi connectivity index (χ1) is 15.8. The van der Waals surface area contributed by atoms with Crippen LogP contribution in [0.4, 0.5) is 31.7 Å². The number of alkyl halides is 2. The van der Waals surface area contributed by atoms with Crippen molar-refractivity contribution in [1.82, 2.24) is 9.88 Å². The Hall–Kier alpha value is -3.42. The largest absolute Gasteiger partial charge is 0.383 e. The van der Waals surface area contributed by atoms with Crippen molar-refractivity contribution in [1.29, 1.82) is 0 Å². The minimum absolute atomic E-state index is 0.0368. The Morgan fingerprint density at radius 1 is 1.36 bits per heavy atom. The van der Waals surface area contributed by atoms with Crippen LogP contribution in [0.15, 0.2) is 43.3 Å². The van der Waals surface area contributed by atoms with E-state index in [0.717, 1.165) is 24.1 Å². The Balaban J connectivity index is 1.86. The maximum atomic E-state index is 14.2. The molecule has 0 bridgehead atoms. The lowest BCUT2D eigenvalue weighted by Crippen LogP contribution is -2.27. The molecule has 2 aliphatic rings. The minimum atomic E-state index is -2.64. The van der Waals surface area contributed by atoms with Gasteiger partial charge >= 0.3 is 0 Å². The van der Waals surface area contributed by atoms with Crippen molar-refractivity contribution in [3.8, 4) is 0 Å². The molecule has 3 heterocycles. The molecular formula is C25H29F2N5O. The van der Waals surface area contributed by atoms with Gasteiger partial charge in [-0.3, -0.25) is 4.79 Å². The summed E-state index contributed by atoms with van der Waals surface area (Å²) < 4.78 is 28.4. The number of nitrogens with one attached hydrogen (secondary N) is 2. The molecule has 0 aliphatic carbocycles. The van der Waals surface area contributed by atoms with Crippen LogP contribution in [0.3, 0.4) is 0 Å². The SMILES string of the molecule is C=C/C(=C\N(C)C)c1cc2c(cc1C(F)F)N(c1nccc3c1N[C@H](C)CC(=O)N3)CCC2. The number of benzene rings is 1. The zero-order valence-electron chi connectivity index (χ0n) is 19.2. The molecule has 0 radical (unpaired) electrons. The second-order valence-electron chi connectivity index (χ2n) is 8.73. The van der Waals surface area contributed by atoms with E-state index < -0.39 is 6.43 Å². The number of hydrogen-bond acceptors (Lipinski definition) is 5. The van der Waals surface area contributed by atoms with Crippen LogP contribution in [0.1, 0.15) is 42.9 Å². The Morgan fingerprint density at radius 3 is 2.85 bits per heavy atom. The topological polar surface area (TPSA) is 60.5 Å². The summed E-state index contributed by atoms with van der Waals surface area (Å²) in [6.45, 7) is 6.41. The number of nitrogens with zero attached hydrogens (tertiary/aromatic N) is 3. The summed E-state index contributed by atoms with van der Waals surface area (Å²) in [5.41, 5.74) is 4.18. The van der Waals surface area contributed by atoms with Crippen LogP contribution in [0.25, 0.3) is 5.57 Å². The maximum Gasteiger partial charge on any atom is 0.264 e. The smallest absolute Gasteiger partial charge is 0.264 e. The van der Waals surface area contributed by atoms with Crippen molar-refractivity contribution >= 4 is 34.4 Å². The molecule has 0 fully saturated rings. The lowest BCUT2D eigenvalue weighted by atomic mass is 9.92. The van der Waals surface area contributed by atoms with Crippen LogP contribution in [0.2, 0.25) is 0 Å². The molecule has 0 saturated carbocycles. The van der Waals surface area contributed by atoms with Gasteiger partial charge in [0.2, 0.25) is 5.91 Å². The summed E-state index contributed by atoms with van der Waals surface area (Å²) in [5.74, 6) is 0.558. The molecule has 8 heteroatoms. The summed E-state index contributed by atoms with van der Waals surface area (Å²) >= 11 is 0. The molecule has 6 nitrogen and oxygen atoms in total. The Labute approximate surface area is 193 Å². The average Bonchev–Trinajstić information content (AvgIpc) is 2.91. The maximum absolute atomic E-state index is 14.2. The van der Waals surface area contributed by atoms with Gasteiger partial charge in [-0.15, -0.1) is 0 Å². The van der Waals surface area contributed by atoms with Crippen molar-refractivity contribution in [2.45, 2.75) is 38.7 Å². The summed E-state index contributed by atoms with van der Waals surface area (Å²) in [7, 11) is 3.70. The molecule has 2 aromatic rings. The number of aryl methyl sites for hydroxylation is 1. The first kappa shape index (κ1) is 22.8. The van der Waals surface area contributed by atoms with E-state index in [2.05, 4.69) is 22.2 Å². The third-order valence-electron chi connectivity index (χ3n) is 5.88. The van der Waals surface area contributed by atoms with Gasteiger partial charge in [0.15, 0.2) is 5.82 Å². The summed E-state index contributed by atoms with van der Waals surface area (Å²) in [4.78, 5) is 20.6. The summed E-state index contributed by atoms with van der Waals surface area (Å²) in [6, 6.07) is 5.12. The van der Waals surface area contributed by atoms with E-state index in [1.54, 1.807) is 30.6 Å². The predicted octanol–water partition coefficient (Wildman–Crippen LogP) is 5.33. The zero-order chi connectivity index (χ0) is 23.7. The average molecular weight is 454 g/mol. The molecule has 174 valence electrons. The molecule has 0 spiro atoms. The van der Waals surface area contributed by atoms with Gasteiger partial charge in [-0.1, -0.05) is 12.7 Å². The molecule has 2 N–H and O–H groups in total. The molecule has 4 rings (SSSR count). The van der Waals surface area contributed by atoms with Crippen LogP contribution >= 0.6 is 0 Å². The zero-order valence-corrected chi connectivity index (χ0v) is 19.2. The first-order valence-corrected chi connectivity index (χ1v) is 11.1. The van der Waals surface area contributed by atoms with Gasteiger partial charge in [-0.25, -0.2) is 13.8 Å². The molecular weight excluding hydrogens is 424 g/mol. The lowest BCUT2D eigenvalue weighted by Gasteiger charge is -2.33. The van der Waals surface area contributed by atoms with Gasteiger partial charge < -0.3 is 20.4 Å². The Morgan fingerprint density at radius 2 is 2.15 bits per heavy atom. The normalized spacial score (nSPS) is 18.1. The van der Waals surface area contributed by atoms with E-state index >= 15 is 0 Å². The van der Waals surface area contributed by atoms with Crippen LogP contribution in [-0.4, -0.2) is 42.5 Å². The number of amides is 1. The number of allylic oxidation sites excluding steroid dienone is 2. The fourth-order valence-electron chi connectivity index (χ4n) is 4.49. The highest BCUT2D eigenvalue weighted by atomic mass is 19.3. The first-order valence-electron chi connectivity index (χ1n) is 11.1.